The van der Waals surface area contributed by atoms with Crippen LogP contribution in [0.4, 0.5) is 5.69 Å². The van der Waals surface area contributed by atoms with Gasteiger partial charge in [0.25, 0.3) is 0 Å². The van der Waals surface area contributed by atoms with E-state index < -0.39 is 17.1 Å². The quantitative estimate of drug-likeness (QED) is 0.194. The number of methoxy groups -OCH3 is 1. The lowest BCUT2D eigenvalue weighted by Crippen LogP contribution is -2.54. The lowest BCUT2D eigenvalue weighted by Gasteiger charge is -2.40. The van der Waals surface area contributed by atoms with Gasteiger partial charge in [-0.25, -0.2) is 9.98 Å². The molecule has 1 fully saturated rings. The summed E-state index contributed by atoms with van der Waals surface area (Å²) < 4.78 is 14.7. The van der Waals surface area contributed by atoms with Crippen LogP contribution in [0, 0.1) is 18.3 Å². The summed E-state index contributed by atoms with van der Waals surface area (Å²) in [6.45, 7) is 2.54. The van der Waals surface area contributed by atoms with E-state index in [1.165, 1.54) is 0 Å². The summed E-state index contributed by atoms with van der Waals surface area (Å²) in [7, 11) is 3.59. The number of halogens is 2. The van der Waals surface area contributed by atoms with Crippen LogP contribution < -0.4 is 4.74 Å². The Morgan fingerprint density at radius 3 is 2.50 bits per heavy atom. The van der Waals surface area contributed by atoms with E-state index in [0.29, 0.717) is 40.8 Å². The minimum absolute atomic E-state index is 0.0288. The Balaban J connectivity index is 1.50. The lowest BCUT2D eigenvalue weighted by molar-refractivity contribution is -0.134. The molecule has 0 N–H and O–H groups in total. The molecule has 3 atom stereocenters. The molecule has 3 heterocycles. The van der Waals surface area contributed by atoms with E-state index in [-0.39, 0.29) is 5.91 Å². The Labute approximate surface area is 253 Å². The Hall–Kier alpha value is -4.16. The van der Waals surface area contributed by atoms with Gasteiger partial charge in [0.05, 0.1) is 35.5 Å². The topological polar surface area (TPSA) is 92.7 Å². The van der Waals surface area contributed by atoms with E-state index >= 15 is 0 Å². The fourth-order valence-corrected chi connectivity index (χ4v) is 6.27. The number of carbonyl (C=O) groups is 1. The Morgan fingerprint density at radius 1 is 1.12 bits per heavy atom. The molecule has 2 aliphatic rings. The molecular weight excluding hydrogens is 573 g/mol. The third-order valence-electron chi connectivity index (χ3n) is 7.91. The maximum Gasteiger partial charge on any atom is 0.229 e. The molecular formula is C32H27Cl2N5O3. The summed E-state index contributed by atoms with van der Waals surface area (Å²) in [6, 6.07) is 20.5. The first-order valence-corrected chi connectivity index (χ1v) is 14.2. The van der Waals surface area contributed by atoms with Crippen molar-refractivity contribution >= 4 is 40.6 Å². The number of amidine groups is 1. The summed E-state index contributed by atoms with van der Waals surface area (Å²) in [5.74, 6) is 0.954. The molecule has 0 aliphatic carbocycles. The monoisotopic (exact) mass is 599 g/mol. The highest BCUT2D eigenvalue weighted by Gasteiger charge is 2.44. The second-order valence-corrected chi connectivity index (χ2v) is 11.3. The van der Waals surface area contributed by atoms with Gasteiger partial charge in [-0.1, -0.05) is 23.7 Å². The Kier molecular flexibility index (Phi) is 7.27. The second kappa shape index (κ2) is 10.9. The lowest BCUT2D eigenvalue weighted by atomic mass is 9.79. The molecule has 212 valence electrons. The highest BCUT2D eigenvalue weighted by Crippen LogP contribution is 2.47. The van der Waals surface area contributed by atoms with Crippen molar-refractivity contribution in [2.45, 2.75) is 30.4 Å². The van der Waals surface area contributed by atoms with Gasteiger partial charge < -0.3 is 14.0 Å². The van der Waals surface area contributed by atoms with Crippen molar-refractivity contribution < 1.29 is 14.3 Å². The summed E-state index contributed by atoms with van der Waals surface area (Å²) in [4.78, 5) is 23.4. The van der Waals surface area contributed by atoms with Crippen LogP contribution in [0.2, 0.25) is 5.02 Å². The number of aromatic nitrogens is 2. The predicted molar refractivity (Wildman–Crippen MR) is 160 cm³/mol. The zero-order valence-corrected chi connectivity index (χ0v) is 24.7. The number of aryl methyl sites for hydroxylation is 2. The van der Waals surface area contributed by atoms with E-state index in [1.54, 1.807) is 48.8 Å². The van der Waals surface area contributed by atoms with Crippen molar-refractivity contribution in [1.82, 2.24) is 14.5 Å². The van der Waals surface area contributed by atoms with Crippen LogP contribution in [0.5, 0.6) is 5.75 Å². The van der Waals surface area contributed by atoms with Crippen molar-refractivity contribution in [2.75, 3.05) is 13.7 Å². The van der Waals surface area contributed by atoms with E-state index in [1.807, 2.05) is 54.9 Å². The molecule has 1 saturated heterocycles. The SMILES string of the molecule is COC(c1ccc2c(c1)C(Cl)C(Oc1ccc(C#N)cc1)C(N1CCC1=O)=N2)(c1ccc(Cl)cc1C)c1cncn1C. The molecule has 0 saturated carbocycles. The number of imidazole rings is 1. The van der Waals surface area contributed by atoms with Crippen LogP contribution in [-0.2, 0) is 22.2 Å². The fraction of sp³-hybridized carbons (Fsp3) is 0.250. The molecule has 2 aliphatic heterocycles. The number of aliphatic imine (C=N–C) groups is 1. The molecule has 1 aromatic heterocycles. The number of likely N-dealkylation sites (tertiary alicyclic amines) is 1. The van der Waals surface area contributed by atoms with Crippen LogP contribution >= 0.6 is 23.2 Å². The van der Waals surface area contributed by atoms with Crippen molar-refractivity contribution in [3.8, 4) is 11.8 Å². The molecule has 8 nitrogen and oxygen atoms in total. The molecule has 0 bridgehead atoms. The number of ether oxygens (including phenoxy) is 2. The first-order valence-electron chi connectivity index (χ1n) is 13.4. The maximum atomic E-state index is 12.5. The molecule has 10 heteroatoms. The fourth-order valence-electron chi connectivity index (χ4n) is 5.71. The van der Waals surface area contributed by atoms with Gasteiger partial charge >= 0.3 is 0 Å². The van der Waals surface area contributed by atoms with Crippen LogP contribution in [0.25, 0.3) is 0 Å². The van der Waals surface area contributed by atoms with Crippen LogP contribution in [0.15, 0.2) is 78.2 Å². The molecule has 1 amide bonds. The minimum Gasteiger partial charge on any atom is -0.481 e. The number of fused-ring (bicyclic) bond motifs is 1. The molecule has 3 aromatic carbocycles. The predicted octanol–water partition coefficient (Wildman–Crippen LogP) is 6.20. The number of nitrogens with zero attached hydrogens (tertiary/aromatic N) is 5. The number of benzene rings is 3. The molecule has 42 heavy (non-hydrogen) atoms. The van der Waals surface area contributed by atoms with Gasteiger partial charge in [0.1, 0.15) is 11.1 Å². The average molecular weight is 601 g/mol. The Morgan fingerprint density at radius 2 is 1.90 bits per heavy atom. The standard InChI is InChI=1S/C32H27Cl2N5O3/c1-19-14-22(33)7-10-25(19)32(41-3,27-17-36-18-38(27)2)21-6-11-26-24(15-21)29(34)30(31(37-26)39-13-12-28(39)40)42-23-8-4-20(16-35)5-9-23/h4-11,14-15,17-18,29-30H,12-13H2,1-3H3. The van der Waals surface area contributed by atoms with Gasteiger partial charge in [0, 0.05) is 37.7 Å². The summed E-state index contributed by atoms with van der Waals surface area (Å²) in [5, 5.41) is 9.13. The third kappa shape index (κ3) is 4.54. The van der Waals surface area contributed by atoms with Crippen molar-refractivity contribution in [3.05, 3.63) is 112 Å². The highest BCUT2D eigenvalue weighted by atomic mass is 35.5. The largest absolute Gasteiger partial charge is 0.481 e. The maximum absolute atomic E-state index is 12.5. The molecule has 3 unspecified atom stereocenters. The number of hydrogen-bond donors (Lipinski definition) is 0. The number of hydrogen-bond acceptors (Lipinski definition) is 6. The smallest absolute Gasteiger partial charge is 0.229 e. The van der Waals surface area contributed by atoms with Gasteiger partial charge in [-0.3, -0.25) is 9.69 Å². The number of β-lactam (4-membered cyclic amide) rings is 1. The summed E-state index contributed by atoms with van der Waals surface area (Å²) in [5.41, 5.74) is 4.34. The van der Waals surface area contributed by atoms with Crippen LogP contribution in [-0.4, -0.2) is 46.0 Å². The van der Waals surface area contributed by atoms with Crippen molar-refractivity contribution in [1.29, 1.82) is 5.26 Å². The zero-order valence-electron chi connectivity index (χ0n) is 23.2. The van der Waals surface area contributed by atoms with E-state index in [2.05, 4.69) is 11.1 Å². The molecule has 6 rings (SSSR count). The van der Waals surface area contributed by atoms with E-state index in [4.69, 9.17) is 37.7 Å². The van der Waals surface area contributed by atoms with E-state index in [9.17, 15) is 10.1 Å². The van der Waals surface area contributed by atoms with Gasteiger partial charge in [0.15, 0.2) is 17.5 Å². The average Bonchev–Trinajstić information content (AvgIpc) is 3.42. The normalized spacial score (nSPS) is 19.3. The number of carbonyl (C=O) groups excluding carboxylic acids is 1. The number of nitriles is 1. The molecule has 0 spiro atoms. The molecule has 4 aromatic rings. The number of rotatable bonds is 6. The second-order valence-electron chi connectivity index (χ2n) is 10.3. The van der Waals surface area contributed by atoms with Crippen LogP contribution in [0.1, 0.15) is 45.3 Å². The zero-order chi connectivity index (χ0) is 29.6. The van der Waals surface area contributed by atoms with Crippen molar-refractivity contribution in [2.24, 2.45) is 12.0 Å². The number of alkyl halides is 1. The van der Waals surface area contributed by atoms with Crippen LogP contribution in [0.3, 0.4) is 0 Å². The van der Waals surface area contributed by atoms with E-state index in [0.717, 1.165) is 27.9 Å². The van der Waals surface area contributed by atoms with Crippen molar-refractivity contribution in [3.63, 3.8) is 0 Å². The first kappa shape index (κ1) is 28.0. The molecule has 0 radical (unpaired) electrons. The number of amides is 1. The highest BCUT2D eigenvalue weighted by molar-refractivity contribution is 6.30. The summed E-state index contributed by atoms with van der Waals surface area (Å²) in [6.07, 6.45) is 3.22. The third-order valence-corrected chi connectivity index (χ3v) is 8.61. The van der Waals surface area contributed by atoms with Gasteiger partial charge in [0.2, 0.25) is 5.91 Å². The minimum atomic E-state index is -1.05. The first-order chi connectivity index (χ1) is 20.3. The summed E-state index contributed by atoms with van der Waals surface area (Å²) >= 11 is 13.6. The van der Waals surface area contributed by atoms with Gasteiger partial charge in [-0.05, 0) is 72.1 Å². The van der Waals surface area contributed by atoms with Gasteiger partial charge in [-0.15, -0.1) is 11.6 Å². The van der Waals surface area contributed by atoms with Gasteiger partial charge in [-0.2, -0.15) is 5.26 Å². The Bertz CT molecular complexity index is 1760.